The second kappa shape index (κ2) is 20.9. The number of esters is 1. The van der Waals surface area contributed by atoms with Crippen molar-refractivity contribution in [3.63, 3.8) is 0 Å². The molecule has 0 bridgehead atoms. The fourth-order valence-electron chi connectivity index (χ4n) is 4.72. The molecule has 0 aliphatic rings. The van der Waals surface area contributed by atoms with Crippen molar-refractivity contribution in [1.82, 2.24) is 16.0 Å². The first kappa shape index (κ1) is 43.4. The van der Waals surface area contributed by atoms with Gasteiger partial charge in [-0.15, -0.1) is 0 Å². The molecule has 0 unspecified atom stereocenters. The zero-order valence-corrected chi connectivity index (χ0v) is 29.2. The topological polar surface area (TPSA) is 236 Å². The highest BCUT2D eigenvalue weighted by Gasteiger charge is 2.38. The molecule has 18 heteroatoms. The van der Waals surface area contributed by atoms with Crippen molar-refractivity contribution in [2.75, 3.05) is 19.0 Å². The predicted molar refractivity (Wildman–Crippen MR) is 185 cm³/mol. The highest BCUT2D eigenvalue weighted by Crippen LogP contribution is 2.21. The maximum absolute atomic E-state index is 13.7. The van der Waals surface area contributed by atoms with Crippen LogP contribution in [-0.2, 0) is 39.9 Å². The molecule has 0 spiro atoms. The molecular formula is C35H42F3N5O10. The minimum atomic E-state index is -5.08. The maximum atomic E-state index is 13.7. The summed E-state index contributed by atoms with van der Waals surface area (Å²) < 4.78 is 41.6. The number of fused-ring (bicyclic) bond motifs is 1. The molecular weight excluding hydrogens is 707 g/mol. The number of aliphatic carboxylic acids is 1. The lowest BCUT2D eigenvalue weighted by Crippen LogP contribution is -2.56. The maximum Gasteiger partial charge on any atom is 0.490 e. The van der Waals surface area contributed by atoms with Crippen LogP contribution in [0.4, 0.5) is 18.9 Å². The predicted octanol–water partition coefficient (Wildman–Crippen LogP) is 2.47. The van der Waals surface area contributed by atoms with Crippen molar-refractivity contribution in [3.05, 3.63) is 76.1 Å². The van der Waals surface area contributed by atoms with Gasteiger partial charge < -0.3 is 41.3 Å². The molecule has 15 nitrogen and oxygen atoms in total. The van der Waals surface area contributed by atoms with Crippen molar-refractivity contribution in [2.45, 2.75) is 76.7 Å². The number of nitrogens with one attached hydrogen (secondary N) is 4. The molecule has 4 amide bonds. The number of alkyl halides is 3. The monoisotopic (exact) mass is 749 g/mol. The van der Waals surface area contributed by atoms with Crippen LogP contribution in [-0.4, -0.2) is 78.6 Å². The fraction of sp³-hybridized carbons (Fsp3) is 0.400. The Morgan fingerprint density at radius 3 is 2.13 bits per heavy atom. The Bertz CT molecular complexity index is 1800. The van der Waals surface area contributed by atoms with Gasteiger partial charge in [-0.2, -0.15) is 13.2 Å². The number of carbonyl (C=O) groups is 6. The van der Waals surface area contributed by atoms with Crippen LogP contribution in [0.3, 0.4) is 0 Å². The summed E-state index contributed by atoms with van der Waals surface area (Å²) in [6.45, 7) is 3.64. The van der Waals surface area contributed by atoms with E-state index in [0.29, 0.717) is 30.7 Å². The van der Waals surface area contributed by atoms with E-state index in [1.54, 1.807) is 49.4 Å². The van der Waals surface area contributed by atoms with Gasteiger partial charge in [0.1, 0.15) is 23.7 Å². The number of aryl methyl sites for hydroxylation is 1. The molecule has 3 atom stereocenters. The number of methoxy groups -OCH3 is 1. The quantitative estimate of drug-likeness (QED) is 0.0707. The summed E-state index contributed by atoms with van der Waals surface area (Å²) in [5, 5.41) is 18.6. The molecule has 0 saturated heterocycles. The minimum Gasteiger partial charge on any atom is -0.475 e. The van der Waals surface area contributed by atoms with Crippen LogP contribution in [0, 0.1) is 6.92 Å². The van der Waals surface area contributed by atoms with Gasteiger partial charge >= 0.3 is 23.7 Å². The molecule has 0 fully saturated rings. The number of carbonyl (C=O) groups excluding carboxylic acids is 5. The summed E-state index contributed by atoms with van der Waals surface area (Å²) in [6.07, 6.45) is -3.84. The molecule has 0 aliphatic carbocycles. The van der Waals surface area contributed by atoms with Gasteiger partial charge in [0.25, 0.3) is 0 Å². The molecule has 3 rings (SSSR count). The molecule has 2 aromatic carbocycles. The Kier molecular flexibility index (Phi) is 17.1. The number of benzene rings is 2. The highest BCUT2D eigenvalue weighted by molar-refractivity contribution is 6.00. The lowest BCUT2D eigenvalue weighted by molar-refractivity contribution is -0.192. The largest absolute Gasteiger partial charge is 0.490 e. The first-order chi connectivity index (χ1) is 24.9. The van der Waals surface area contributed by atoms with Crippen molar-refractivity contribution < 1.29 is 56.2 Å². The SMILES string of the molecule is COC(=O)CCC(=O)N[C@@H](C)C(=O)N[C@@H](Cc1ccccc1)C(=O)N[C@@H](CCCCN)C(=O)Nc1ccc2c(C)cc(=O)oc2c1.O=C(O)C(F)(F)F. The first-order valence-electron chi connectivity index (χ1n) is 16.3. The summed E-state index contributed by atoms with van der Waals surface area (Å²) in [5.74, 6) is -5.58. The number of hydrogen-bond acceptors (Lipinski definition) is 10. The van der Waals surface area contributed by atoms with Gasteiger partial charge in [0.05, 0.1) is 13.5 Å². The average Bonchev–Trinajstić information content (AvgIpc) is 3.09. The number of ether oxygens (including phenoxy) is 1. The summed E-state index contributed by atoms with van der Waals surface area (Å²) in [5.41, 5.74) is 7.32. The van der Waals surface area contributed by atoms with E-state index in [-0.39, 0.29) is 25.7 Å². The second-order valence-corrected chi connectivity index (χ2v) is 11.7. The summed E-state index contributed by atoms with van der Waals surface area (Å²) in [7, 11) is 1.21. The fourth-order valence-corrected chi connectivity index (χ4v) is 4.72. The summed E-state index contributed by atoms with van der Waals surface area (Å²) in [4.78, 5) is 84.6. The normalized spacial score (nSPS) is 12.6. The van der Waals surface area contributed by atoms with Gasteiger partial charge in [0.15, 0.2) is 0 Å². The van der Waals surface area contributed by atoms with Crippen LogP contribution in [0.15, 0.2) is 63.8 Å². The molecule has 1 aromatic heterocycles. The number of nitrogens with two attached hydrogens (primary N) is 1. The number of hydrogen-bond donors (Lipinski definition) is 6. The summed E-state index contributed by atoms with van der Waals surface area (Å²) >= 11 is 0. The van der Waals surface area contributed by atoms with Crippen LogP contribution in [0.1, 0.15) is 50.2 Å². The first-order valence-corrected chi connectivity index (χ1v) is 16.3. The van der Waals surface area contributed by atoms with Gasteiger partial charge in [0.2, 0.25) is 23.6 Å². The van der Waals surface area contributed by atoms with Gasteiger partial charge in [0, 0.05) is 36.0 Å². The van der Waals surface area contributed by atoms with Crippen LogP contribution in [0.5, 0.6) is 0 Å². The lowest BCUT2D eigenvalue weighted by Gasteiger charge is -2.25. The minimum absolute atomic E-state index is 0.113. The number of unbranched alkanes of at least 4 members (excludes halogenated alkanes) is 1. The van der Waals surface area contributed by atoms with Crippen LogP contribution >= 0.6 is 0 Å². The van der Waals surface area contributed by atoms with E-state index in [9.17, 15) is 41.9 Å². The number of carboxylic acids is 1. The standard InChI is InChI=1S/C33H41N5O8.C2HF3O2/c1-20-17-30(41)46-27-19-23(12-13-24(20)27)36-32(43)25(11-7-8-16-34)37-33(44)26(18-22-9-5-4-6-10-22)38-31(42)21(2)35-28(39)14-15-29(40)45-3;3-2(4,5)1(6)7/h4-6,9-10,12-13,17,19,21,25-26H,7-8,11,14-16,18,34H2,1-3H3,(H,35,39)(H,36,43)(H,37,44)(H,38,42);(H,6,7)/t21-,25-,26-;/m0./s1. The third-order valence-electron chi connectivity index (χ3n) is 7.51. The molecule has 3 aromatic rings. The lowest BCUT2D eigenvalue weighted by atomic mass is 10.0. The Balaban J connectivity index is 0.00000126. The Morgan fingerprint density at radius 2 is 1.53 bits per heavy atom. The van der Waals surface area contributed by atoms with Crippen LogP contribution in [0.25, 0.3) is 11.0 Å². The molecule has 0 aliphatic heterocycles. The van der Waals surface area contributed by atoms with Gasteiger partial charge in [-0.05, 0) is 62.9 Å². The van der Waals surface area contributed by atoms with Gasteiger partial charge in [-0.3, -0.25) is 24.0 Å². The van der Waals surface area contributed by atoms with Crippen molar-refractivity contribution in [1.29, 1.82) is 0 Å². The van der Waals surface area contributed by atoms with Crippen molar-refractivity contribution in [2.24, 2.45) is 5.73 Å². The van der Waals surface area contributed by atoms with Crippen LogP contribution in [0.2, 0.25) is 0 Å². The number of anilines is 1. The third-order valence-corrected chi connectivity index (χ3v) is 7.51. The van der Waals surface area contributed by atoms with E-state index in [2.05, 4.69) is 26.0 Å². The van der Waals surface area contributed by atoms with E-state index in [0.717, 1.165) is 16.5 Å². The number of carboxylic acid groups (broad SMARTS) is 1. The van der Waals surface area contributed by atoms with Crippen molar-refractivity contribution in [3.8, 4) is 0 Å². The zero-order chi connectivity index (χ0) is 39.7. The van der Waals surface area contributed by atoms with Crippen LogP contribution < -0.4 is 32.6 Å². The Labute approximate surface area is 301 Å². The van der Waals surface area contributed by atoms with E-state index in [1.807, 2.05) is 6.07 Å². The van der Waals surface area contributed by atoms with Gasteiger partial charge in [-0.25, -0.2) is 9.59 Å². The molecule has 288 valence electrons. The molecule has 53 heavy (non-hydrogen) atoms. The zero-order valence-electron chi connectivity index (χ0n) is 29.2. The highest BCUT2D eigenvalue weighted by atomic mass is 19.4. The number of rotatable bonds is 16. The smallest absolute Gasteiger partial charge is 0.475 e. The molecule has 1 heterocycles. The number of halogens is 3. The number of amides is 4. The third kappa shape index (κ3) is 15.2. The Morgan fingerprint density at radius 1 is 0.887 bits per heavy atom. The van der Waals surface area contributed by atoms with E-state index >= 15 is 0 Å². The molecule has 0 radical (unpaired) electrons. The van der Waals surface area contributed by atoms with E-state index < -0.39 is 65.5 Å². The second-order valence-electron chi connectivity index (χ2n) is 11.7. The van der Waals surface area contributed by atoms with Crippen molar-refractivity contribution >= 4 is 52.2 Å². The molecule has 7 N–H and O–H groups in total. The Hall–Kier alpha value is -5.78. The average molecular weight is 750 g/mol. The molecule has 0 saturated carbocycles. The van der Waals surface area contributed by atoms with E-state index in [1.165, 1.54) is 20.1 Å². The van der Waals surface area contributed by atoms with E-state index in [4.69, 9.17) is 20.1 Å². The summed E-state index contributed by atoms with van der Waals surface area (Å²) in [6, 6.07) is 12.3. The van der Waals surface area contributed by atoms with Gasteiger partial charge in [-0.1, -0.05) is 30.3 Å².